The fourth-order valence-corrected chi connectivity index (χ4v) is 3.88. The molecule has 0 saturated heterocycles. The van der Waals surface area contributed by atoms with Gasteiger partial charge in [0, 0.05) is 10.9 Å². The Bertz CT molecular complexity index is 1380. The van der Waals surface area contributed by atoms with Gasteiger partial charge in [0.25, 0.3) is 0 Å². The molecule has 0 spiro atoms. The average Bonchev–Trinajstić information content (AvgIpc) is 3.52. The number of benzene rings is 3. The number of tetrazole rings is 1. The molecule has 156 valence electrons. The summed E-state index contributed by atoms with van der Waals surface area (Å²) in [6, 6.07) is 27.3. The highest BCUT2D eigenvalue weighted by Crippen LogP contribution is 2.32. The Morgan fingerprint density at radius 3 is 2.41 bits per heavy atom. The molecular formula is C26H22N6. The molecule has 2 heterocycles. The van der Waals surface area contributed by atoms with Gasteiger partial charge in [-0.2, -0.15) is 10.3 Å². The number of nitrogens with zero attached hydrogens (tertiary/aromatic N) is 5. The average molecular weight is 419 g/mol. The van der Waals surface area contributed by atoms with Crippen LogP contribution in [0.4, 0.5) is 0 Å². The largest absolute Gasteiger partial charge is 0.232 e. The quantitative estimate of drug-likeness (QED) is 0.367. The van der Waals surface area contributed by atoms with Crippen molar-refractivity contribution in [2.75, 3.05) is 0 Å². The number of hydrogen-bond donors (Lipinski definition) is 1. The lowest BCUT2D eigenvalue weighted by atomic mass is 9.96. The third-order valence-electron chi connectivity index (χ3n) is 5.42. The fourth-order valence-electron chi connectivity index (χ4n) is 3.88. The first-order chi connectivity index (χ1) is 15.8. The smallest absolute Gasteiger partial charge is 0.197 e. The van der Waals surface area contributed by atoms with Crippen LogP contribution in [0.25, 0.3) is 34.3 Å². The summed E-state index contributed by atoms with van der Waals surface area (Å²) < 4.78 is 2.06. The zero-order valence-electron chi connectivity index (χ0n) is 17.7. The van der Waals surface area contributed by atoms with Crippen molar-refractivity contribution in [3.8, 4) is 0 Å². The van der Waals surface area contributed by atoms with Crippen molar-refractivity contribution in [1.82, 2.24) is 30.4 Å². The van der Waals surface area contributed by atoms with E-state index in [4.69, 9.17) is 5.10 Å². The Kier molecular flexibility index (Phi) is 5.41. The number of aromatic amines is 1. The van der Waals surface area contributed by atoms with Crippen molar-refractivity contribution in [1.29, 1.82) is 0 Å². The van der Waals surface area contributed by atoms with Crippen LogP contribution in [0.1, 0.15) is 35.9 Å². The normalized spacial score (nSPS) is 12.4. The molecule has 32 heavy (non-hydrogen) atoms. The number of aromatic nitrogens is 6. The number of hydrogen-bond acceptors (Lipinski definition) is 4. The lowest BCUT2D eigenvalue weighted by Crippen LogP contribution is -2.05. The molecule has 0 unspecified atom stereocenters. The predicted octanol–water partition coefficient (Wildman–Crippen LogP) is 5.55. The van der Waals surface area contributed by atoms with Crippen molar-refractivity contribution in [3.05, 3.63) is 108 Å². The molecule has 0 fully saturated rings. The van der Waals surface area contributed by atoms with Crippen molar-refractivity contribution in [2.24, 2.45) is 0 Å². The van der Waals surface area contributed by atoms with Gasteiger partial charge >= 0.3 is 0 Å². The van der Waals surface area contributed by atoms with Crippen LogP contribution >= 0.6 is 0 Å². The first-order valence-electron chi connectivity index (χ1n) is 10.6. The number of allylic oxidation sites excluding steroid dienone is 1. The standard InChI is InChI=1S/C26H22N6/c1-2-23(20-8-4-3-5-9-20)26(32-24-11-7-6-10-22(24)18-27-32)21-15-12-19(13-16-21)14-17-25-28-30-31-29-25/h3-18H,2H2,1H3,(H,28,29,30,31). The molecular weight excluding hydrogens is 396 g/mol. The molecule has 5 aromatic rings. The highest BCUT2D eigenvalue weighted by Gasteiger charge is 2.15. The lowest BCUT2D eigenvalue weighted by molar-refractivity contribution is 0.881. The topological polar surface area (TPSA) is 72.3 Å². The van der Waals surface area contributed by atoms with Crippen LogP contribution < -0.4 is 0 Å². The maximum atomic E-state index is 4.78. The van der Waals surface area contributed by atoms with E-state index in [-0.39, 0.29) is 0 Å². The predicted molar refractivity (Wildman–Crippen MR) is 128 cm³/mol. The fraction of sp³-hybridized carbons (Fsp3) is 0.0769. The minimum Gasteiger partial charge on any atom is -0.232 e. The third-order valence-corrected chi connectivity index (χ3v) is 5.42. The highest BCUT2D eigenvalue weighted by atomic mass is 15.5. The Balaban J connectivity index is 1.64. The summed E-state index contributed by atoms with van der Waals surface area (Å²) in [4.78, 5) is 0. The van der Waals surface area contributed by atoms with Crippen LogP contribution in [0, 0.1) is 0 Å². The minimum absolute atomic E-state index is 0.551. The van der Waals surface area contributed by atoms with Gasteiger partial charge in [-0.25, -0.2) is 4.68 Å². The molecule has 0 aliphatic rings. The van der Waals surface area contributed by atoms with E-state index in [1.54, 1.807) is 0 Å². The Morgan fingerprint density at radius 1 is 0.875 bits per heavy atom. The lowest BCUT2D eigenvalue weighted by Gasteiger charge is -2.17. The molecule has 0 atom stereocenters. The van der Waals surface area contributed by atoms with Gasteiger partial charge in [-0.05, 0) is 40.5 Å². The van der Waals surface area contributed by atoms with Gasteiger partial charge < -0.3 is 0 Å². The summed E-state index contributed by atoms with van der Waals surface area (Å²) in [6.07, 6.45) is 6.61. The van der Waals surface area contributed by atoms with Crippen LogP contribution in [-0.2, 0) is 0 Å². The summed E-state index contributed by atoms with van der Waals surface area (Å²) in [5.74, 6) is 0.551. The molecule has 2 aromatic heterocycles. The molecule has 0 aliphatic carbocycles. The van der Waals surface area contributed by atoms with Gasteiger partial charge in [-0.1, -0.05) is 85.8 Å². The van der Waals surface area contributed by atoms with Gasteiger partial charge in [-0.3, -0.25) is 0 Å². The summed E-state index contributed by atoms with van der Waals surface area (Å²) >= 11 is 0. The van der Waals surface area contributed by atoms with E-state index >= 15 is 0 Å². The van der Waals surface area contributed by atoms with Crippen LogP contribution in [0.2, 0.25) is 0 Å². The zero-order valence-corrected chi connectivity index (χ0v) is 17.7. The number of nitrogens with one attached hydrogen (secondary N) is 1. The van der Waals surface area contributed by atoms with Crippen molar-refractivity contribution in [2.45, 2.75) is 13.3 Å². The molecule has 0 bridgehead atoms. The second-order valence-electron chi connectivity index (χ2n) is 7.39. The van der Waals surface area contributed by atoms with Crippen LogP contribution in [0.3, 0.4) is 0 Å². The van der Waals surface area contributed by atoms with E-state index in [1.807, 2.05) is 30.5 Å². The first-order valence-corrected chi connectivity index (χ1v) is 10.6. The van der Waals surface area contributed by atoms with E-state index in [1.165, 1.54) is 11.1 Å². The number of H-pyrrole nitrogens is 1. The van der Waals surface area contributed by atoms with Gasteiger partial charge in [0.1, 0.15) is 0 Å². The van der Waals surface area contributed by atoms with Gasteiger partial charge in [0.05, 0.1) is 17.4 Å². The molecule has 1 N–H and O–H groups in total. The second-order valence-corrected chi connectivity index (χ2v) is 7.39. The molecule has 3 aromatic carbocycles. The minimum atomic E-state index is 0.551. The van der Waals surface area contributed by atoms with Crippen molar-refractivity contribution >= 4 is 34.3 Å². The second kappa shape index (κ2) is 8.81. The van der Waals surface area contributed by atoms with E-state index < -0.39 is 0 Å². The highest BCUT2D eigenvalue weighted by molar-refractivity contribution is 5.95. The molecule has 0 radical (unpaired) electrons. The third kappa shape index (κ3) is 3.86. The SMILES string of the molecule is CCC(=C(c1ccc(C=Cc2nn[nH]n2)cc1)n1ncc2ccccc21)c1ccccc1. The van der Waals surface area contributed by atoms with Crippen molar-refractivity contribution < 1.29 is 0 Å². The molecule has 0 amide bonds. The van der Waals surface area contributed by atoms with Gasteiger partial charge in [0.15, 0.2) is 5.82 Å². The van der Waals surface area contributed by atoms with Crippen LogP contribution in [0.5, 0.6) is 0 Å². The maximum absolute atomic E-state index is 4.78. The molecule has 5 rings (SSSR count). The summed E-state index contributed by atoms with van der Waals surface area (Å²) in [6.45, 7) is 2.19. The Labute approximate surface area is 185 Å². The van der Waals surface area contributed by atoms with E-state index in [0.29, 0.717) is 5.82 Å². The van der Waals surface area contributed by atoms with Gasteiger partial charge in [-0.15, -0.1) is 10.2 Å². The number of para-hydroxylation sites is 1. The van der Waals surface area contributed by atoms with E-state index in [2.05, 4.69) is 99.0 Å². The molecule has 6 heteroatoms. The van der Waals surface area contributed by atoms with Crippen LogP contribution in [0.15, 0.2) is 85.1 Å². The zero-order chi connectivity index (χ0) is 21.8. The molecule has 0 aliphatic heterocycles. The summed E-state index contributed by atoms with van der Waals surface area (Å²) in [7, 11) is 0. The monoisotopic (exact) mass is 418 g/mol. The summed E-state index contributed by atoms with van der Waals surface area (Å²) in [5.41, 5.74) is 6.79. The Hall–Kier alpha value is -4.32. The van der Waals surface area contributed by atoms with Crippen molar-refractivity contribution in [3.63, 3.8) is 0 Å². The number of rotatable bonds is 6. The van der Waals surface area contributed by atoms with E-state index in [0.717, 1.165) is 34.1 Å². The Morgan fingerprint density at radius 2 is 1.66 bits per heavy atom. The van der Waals surface area contributed by atoms with Crippen LogP contribution in [-0.4, -0.2) is 30.4 Å². The maximum Gasteiger partial charge on any atom is 0.197 e. The summed E-state index contributed by atoms with van der Waals surface area (Å²) in [5, 5.41) is 19.8. The number of fused-ring (bicyclic) bond motifs is 1. The van der Waals surface area contributed by atoms with E-state index in [9.17, 15) is 0 Å². The molecule has 6 nitrogen and oxygen atoms in total. The molecule has 0 saturated carbocycles. The van der Waals surface area contributed by atoms with Gasteiger partial charge in [0.2, 0.25) is 0 Å². The first kappa shape index (κ1) is 19.6.